The smallest absolute Gasteiger partial charge is 0.490 e. The number of ether oxygens (including phenoxy) is 2. The van der Waals surface area contributed by atoms with Gasteiger partial charge in [-0.25, -0.2) is 9.78 Å². The van der Waals surface area contributed by atoms with Gasteiger partial charge in [-0.15, -0.1) is 0 Å². The van der Waals surface area contributed by atoms with Gasteiger partial charge in [-0.2, -0.15) is 13.2 Å². The third-order valence-electron chi connectivity index (χ3n) is 5.32. The van der Waals surface area contributed by atoms with E-state index in [-0.39, 0.29) is 0 Å². The average Bonchev–Trinajstić information content (AvgIpc) is 3.27. The lowest BCUT2D eigenvalue weighted by atomic mass is 10.1. The minimum Gasteiger partial charge on any atom is -0.497 e. The molecule has 0 aliphatic heterocycles. The first kappa shape index (κ1) is 28.7. The van der Waals surface area contributed by atoms with Crippen molar-refractivity contribution in [3.8, 4) is 22.8 Å². The summed E-state index contributed by atoms with van der Waals surface area (Å²) in [4.78, 5) is 16.0. The van der Waals surface area contributed by atoms with E-state index in [1.54, 1.807) is 26.0 Å². The van der Waals surface area contributed by atoms with Crippen molar-refractivity contribution in [1.82, 2.24) is 9.38 Å². The number of hydrogen-bond acceptors (Lipinski definition) is 6. The first-order valence-corrected chi connectivity index (χ1v) is 12.5. The van der Waals surface area contributed by atoms with Crippen LogP contribution < -0.4 is 14.8 Å². The highest BCUT2D eigenvalue weighted by Gasteiger charge is 2.38. The van der Waals surface area contributed by atoms with Crippen molar-refractivity contribution in [3.63, 3.8) is 0 Å². The van der Waals surface area contributed by atoms with Gasteiger partial charge in [-0.1, -0.05) is 31.2 Å². The predicted octanol–water partition coefficient (Wildman–Crippen LogP) is 7.02. The number of nitrogens with zero attached hydrogens (tertiary/aromatic N) is 2. The predicted molar refractivity (Wildman–Crippen MR) is 141 cm³/mol. The molecule has 7 nitrogen and oxygen atoms in total. The van der Waals surface area contributed by atoms with E-state index in [1.807, 2.05) is 36.4 Å². The Kier molecular flexibility index (Phi) is 9.89. The van der Waals surface area contributed by atoms with Gasteiger partial charge in [0.15, 0.2) is 0 Å². The molecule has 0 aliphatic carbocycles. The number of aliphatic carboxylic acids is 1. The molecule has 0 radical (unpaired) electrons. The highest BCUT2D eigenvalue weighted by atomic mass is 32.2. The summed E-state index contributed by atoms with van der Waals surface area (Å²) >= 11 is 1.67. The summed E-state index contributed by atoms with van der Waals surface area (Å²) in [5.74, 6) is -0.0477. The first-order chi connectivity index (χ1) is 18.2. The summed E-state index contributed by atoms with van der Waals surface area (Å²) in [7, 11) is 3.38. The Bertz CT molecular complexity index is 1360. The Morgan fingerprint density at radius 2 is 1.79 bits per heavy atom. The van der Waals surface area contributed by atoms with Crippen LogP contribution in [-0.2, 0) is 4.79 Å². The maximum absolute atomic E-state index is 10.6. The largest absolute Gasteiger partial charge is 0.497 e. The van der Waals surface area contributed by atoms with E-state index >= 15 is 0 Å². The number of pyridine rings is 1. The molecular weight excluding hydrogens is 519 g/mol. The molecule has 0 amide bonds. The fourth-order valence-electron chi connectivity index (χ4n) is 3.42. The van der Waals surface area contributed by atoms with E-state index in [0.29, 0.717) is 0 Å². The van der Waals surface area contributed by atoms with Crippen LogP contribution >= 0.6 is 11.8 Å². The van der Waals surface area contributed by atoms with E-state index in [9.17, 15) is 13.2 Å². The summed E-state index contributed by atoms with van der Waals surface area (Å²) in [6, 6.07) is 20.4. The van der Waals surface area contributed by atoms with E-state index in [2.05, 4.69) is 47.1 Å². The van der Waals surface area contributed by atoms with Crippen LogP contribution in [0.2, 0.25) is 0 Å². The maximum Gasteiger partial charge on any atom is 0.490 e. The molecule has 0 unspecified atom stereocenters. The molecular formula is C27H28F3N3O4S. The lowest BCUT2D eigenvalue weighted by Crippen LogP contribution is -2.21. The van der Waals surface area contributed by atoms with Gasteiger partial charge in [0.1, 0.15) is 28.7 Å². The van der Waals surface area contributed by atoms with E-state index < -0.39 is 12.1 Å². The van der Waals surface area contributed by atoms with Gasteiger partial charge in [0.25, 0.3) is 0 Å². The second-order valence-corrected chi connectivity index (χ2v) is 9.08. The summed E-state index contributed by atoms with van der Waals surface area (Å²) in [6.07, 6.45) is -0.776. The van der Waals surface area contributed by atoms with Crippen LogP contribution in [0.1, 0.15) is 19.8 Å². The number of unbranched alkanes of at least 4 members (excludes halogenated alkanes) is 1. The molecule has 0 fully saturated rings. The van der Waals surface area contributed by atoms with Gasteiger partial charge in [0, 0.05) is 23.2 Å². The lowest BCUT2D eigenvalue weighted by molar-refractivity contribution is -0.192. The molecule has 0 saturated carbocycles. The Morgan fingerprint density at radius 3 is 2.39 bits per heavy atom. The number of nitrogens with one attached hydrogen (secondary N) is 1. The minimum atomic E-state index is -5.08. The Hall–Kier alpha value is -3.86. The van der Waals surface area contributed by atoms with Crippen LogP contribution in [0.25, 0.3) is 16.9 Å². The number of methoxy groups -OCH3 is 2. The van der Waals surface area contributed by atoms with Gasteiger partial charge in [0.05, 0.1) is 19.1 Å². The molecule has 38 heavy (non-hydrogen) atoms. The third-order valence-corrected chi connectivity index (χ3v) is 6.37. The zero-order valence-corrected chi connectivity index (χ0v) is 21.9. The first-order valence-electron chi connectivity index (χ1n) is 11.7. The molecule has 2 N–H and O–H groups in total. The molecule has 4 aromatic rings. The second-order valence-electron chi connectivity index (χ2n) is 7.96. The molecule has 11 heteroatoms. The quantitative estimate of drug-likeness (QED) is 0.218. The number of carboxylic acids is 1. The van der Waals surface area contributed by atoms with Gasteiger partial charge >= 0.3 is 12.1 Å². The normalized spacial score (nSPS) is 11.0. The number of imidazole rings is 1. The van der Waals surface area contributed by atoms with Crippen LogP contribution in [-0.4, -0.2) is 47.4 Å². The van der Waals surface area contributed by atoms with Crippen molar-refractivity contribution >= 4 is 29.2 Å². The van der Waals surface area contributed by atoms with E-state index in [4.69, 9.17) is 24.4 Å². The number of carbonyl (C=O) groups is 1. The molecule has 0 aliphatic rings. The Labute approximate surface area is 222 Å². The van der Waals surface area contributed by atoms with Gasteiger partial charge in [-0.05, 0) is 61.0 Å². The molecule has 0 spiro atoms. The number of fused-ring (bicyclic) bond motifs is 1. The number of alkyl halides is 3. The molecule has 2 aromatic heterocycles. The summed E-state index contributed by atoms with van der Waals surface area (Å²) in [6.45, 7) is 3.11. The summed E-state index contributed by atoms with van der Waals surface area (Å²) in [5.41, 5.74) is 2.93. The lowest BCUT2D eigenvalue weighted by Gasteiger charge is -2.12. The molecule has 4 rings (SSSR count). The third kappa shape index (κ3) is 7.34. The highest BCUT2D eigenvalue weighted by Crippen LogP contribution is 2.39. The molecule has 202 valence electrons. The molecule has 0 atom stereocenters. The van der Waals surface area contributed by atoms with Crippen LogP contribution in [0.5, 0.6) is 11.5 Å². The van der Waals surface area contributed by atoms with Crippen molar-refractivity contribution in [2.24, 2.45) is 0 Å². The number of anilines is 1. The Morgan fingerprint density at radius 1 is 1.08 bits per heavy atom. The molecule has 0 bridgehead atoms. The number of halogens is 3. The fraction of sp³-hybridized carbons (Fsp3) is 0.259. The van der Waals surface area contributed by atoms with Crippen molar-refractivity contribution in [2.75, 3.05) is 26.1 Å². The van der Waals surface area contributed by atoms with Crippen LogP contribution in [0.3, 0.4) is 0 Å². The Balaban J connectivity index is 0.000000505. The number of carboxylic acid groups (broad SMARTS) is 1. The zero-order valence-electron chi connectivity index (χ0n) is 21.1. The van der Waals surface area contributed by atoms with E-state index in [1.165, 1.54) is 0 Å². The maximum atomic E-state index is 10.6. The van der Waals surface area contributed by atoms with E-state index in [0.717, 1.165) is 63.4 Å². The van der Waals surface area contributed by atoms with Crippen LogP contribution in [0.4, 0.5) is 19.0 Å². The minimum absolute atomic E-state index is 0.842. The van der Waals surface area contributed by atoms with Gasteiger partial charge in [-0.3, -0.25) is 4.40 Å². The second kappa shape index (κ2) is 13.1. The van der Waals surface area contributed by atoms with Crippen molar-refractivity contribution in [3.05, 3.63) is 66.9 Å². The fourth-order valence-corrected chi connectivity index (χ4v) is 4.39. The molecule has 2 aromatic carbocycles. The topological polar surface area (TPSA) is 85.1 Å². The number of aromatic nitrogens is 2. The summed E-state index contributed by atoms with van der Waals surface area (Å²) in [5, 5.41) is 10.7. The van der Waals surface area contributed by atoms with Crippen LogP contribution in [0, 0.1) is 0 Å². The molecule has 0 saturated heterocycles. The number of rotatable bonds is 9. The number of hydrogen-bond donors (Lipinski definition) is 2. The van der Waals surface area contributed by atoms with Crippen LogP contribution in [0.15, 0.2) is 76.7 Å². The molecule has 2 heterocycles. The monoisotopic (exact) mass is 547 g/mol. The highest BCUT2D eigenvalue weighted by molar-refractivity contribution is 7.99. The number of benzene rings is 2. The zero-order chi connectivity index (χ0) is 27.7. The summed E-state index contributed by atoms with van der Waals surface area (Å²) < 4.78 is 44.8. The van der Waals surface area contributed by atoms with Crippen molar-refractivity contribution in [1.29, 1.82) is 0 Å². The standard InChI is InChI=1S/C25H27N3O2S.C2HF3O2/c1-4-5-15-26-25-24(27-23-8-6-7-16-28(23)25)18-9-14-21(30-3)22(17-18)31-20-12-10-19(29-2)11-13-20;3-2(4,5)1(6)7/h6-14,16-17,26H,4-5,15H2,1-3H3;(H,6,7). The van der Waals surface area contributed by atoms with Gasteiger partial charge < -0.3 is 19.9 Å². The average molecular weight is 548 g/mol. The van der Waals surface area contributed by atoms with Crippen molar-refractivity contribution < 1.29 is 32.5 Å². The SMILES string of the molecule is CCCCNc1c(-c2ccc(OC)c(Sc3ccc(OC)cc3)c2)nc2ccccn12.O=C(O)C(F)(F)F. The van der Waals surface area contributed by atoms with Crippen molar-refractivity contribution in [2.45, 2.75) is 35.7 Å². The van der Waals surface area contributed by atoms with Gasteiger partial charge in [0.2, 0.25) is 0 Å².